The van der Waals surface area contributed by atoms with Gasteiger partial charge in [0, 0.05) is 28.9 Å². The average Bonchev–Trinajstić information content (AvgIpc) is 3.38. The first-order valence-electron chi connectivity index (χ1n) is 7.95. The quantitative estimate of drug-likeness (QED) is 0.594. The summed E-state index contributed by atoms with van der Waals surface area (Å²) in [5.41, 5.74) is 0.871. The number of anilines is 1. The molecule has 2 aromatic rings. The number of hydrogen-bond donors (Lipinski definition) is 2. The molecule has 2 N–H and O–H groups in total. The molecule has 0 aliphatic heterocycles. The highest BCUT2D eigenvalue weighted by atomic mass is 32.2. The largest absolute Gasteiger partial charge is 0.322 e. The summed E-state index contributed by atoms with van der Waals surface area (Å²) in [6.07, 6.45) is 1.66. The maximum Gasteiger partial charge on any atom is 0.272 e. The number of nitrogens with zero attached hydrogens (tertiary/aromatic N) is 1. The number of hydrogen-bond acceptors (Lipinski definition) is 5. The lowest BCUT2D eigenvalue weighted by atomic mass is 10.1. The second kappa shape index (κ2) is 6.85. The standard InChI is InChI=1S/C17H17N3O5S/c1-11-9-12(5-8-16(11)20(22)23)17(21)18-14-3-2-4-15(10-14)26(24,25)19-13-6-7-13/h2-5,8-10,13,19H,6-7H2,1H3,(H,18,21). The van der Waals surface area contributed by atoms with Gasteiger partial charge in [0.2, 0.25) is 10.0 Å². The summed E-state index contributed by atoms with van der Waals surface area (Å²) < 4.78 is 27.1. The minimum absolute atomic E-state index is 0.0127. The fourth-order valence-corrected chi connectivity index (χ4v) is 3.78. The number of benzene rings is 2. The first-order valence-corrected chi connectivity index (χ1v) is 9.43. The molecule has 8 nitrogen and oxygen atoms in total. The maximum atomic E-state index is 12.4. The van der Waals surface area contributed by atoms with Gasteiger partial charge in [-0.05, 0) is 50.1 Å². The van der Waals surface area contributed by atoms with Crippen LogP contribution in [0, 0.1) is 17.0 Å². The molecular formula is C17H17N3O5S. The second-order valence-corrected chi connectivity index (χ2v) is 7.85. The number of amides is 1. The number of nitro groups is 1. The van der Waals surface area contributed by atoms with Crippen LogP contribution in [0.25, 0.3) is 0 Å². The third-order valence-electron chi connectivity index (χ3n) is 3.96. The van der Waals surface area contributed by atoms with Crippen LogP contribution in [0.2, 0.25) is 0 Å². The molecule has 1 fully saturated rings. The zero-order valence-electron chi connectivity index (χ0n) is 13.9. The van der Waals surface area contributed by atoms with E-state index in [2.05, 4.69) is 10.0 Å². The van der Waals surface area contributed by atoms with Gasteiger partial charge < -0.3 is 5.32 Å². The fourth-order valence-electron chi connectivity index (χ4n) is 2.43. The molecule has 136 valence electrons. The van der Waals surface area contributed by atoms with Crippen molar-refractivity contribution in [3.05, 3.63) is 63.7 Å². The molecule has 1 aliphatic carbocycles. The van der Waals surface area contributed by atoms with Crippen molar-refractivity contribution >= 4 is 27.3 Å². The Labute approximate surface area is 150 Å². The molecule has 0 aromatic heterocycles. The smallest absolute Gasteiger partial charge is 0.272 e. The highest BCUT2D eigenvalue weighted by molar-refractivity contribution is 7.89. The Balaban J connectivity index is 1.78. The lowest BCUT2D eigenvalue weighted by Gasteiger charge is -2.09. The number of carbonyl (C=O) groups excluding carboxylic acids is 1. The van der Waals surface area contributed by atoms with Gasteiger partial charge in [-0.2, -0.15) is 0 Å². The highest BCUT2D eigenvalue weighted by Crippen LogP contribution is 2.24. The molecule has 0 atom stereocenters. The molecule has 0 heterocycles. The molecule has 2 aromatic carbocycles. The van der Waals surface area contributed by atoms with Gasteiger partial charge in [-0.1, -0.05) is 6.07 Å². The van der Waals surface area contributed by atoms with Crippen molar-refractivity contribution in [1.82, 2.24) is 4.72 Å². The lowest BCUT2D eigenvalue weighted by molar-refractivity contribution is -0.385. The lowest BCUT2D eigenvalue weighted by Crippen LogP contribution is -2.25. The van der Waals surface area contributed by atoms with Crippen LogP contribution >= 0.6 is 0 Å². The van der Waals surface area contributed by atoms with Crippen LogP contribution in [0.5, 0.6) is 0 Å². The molecule has 1 saturated carbocycles. The summed E-state index contributed by atoms with van der Waals surface area (Å²) in [4.78, 5) is 22.8. The minimum atomic E-state index is -3.62. The Morgan fingerprint density at radius 2 is 1.92 bits per heavy atom. The van der Waals surface area contributed by atoms with Gasteiger partial charge in [-0.15, -0.1) is 0 Å². The van der Waals surface area contributed by atoms with Crippen LogP contribution in [0.4, 0.5) is 11.4 Å². The van der Waals surface area contributed by atoms with E-state index in [4.69, 9.17) is 0 Å². The SMILES string of the molecule is Cc1cc(C(=O)Nc2cccc(S(=O)(=O)NC3CC3)c2)ccc1[N+](=O)[O-]. The van der Waals surface area contributed by atoms with Gasteiger partial charge in [0.1, 0.15) is 0 Å². The summed E-state index contributed by atoms with van der Waals surface area (Å²) in [7, 11) is -3.62. The predicted octanol–water partition coefficient (Wildman–Crippen LogP) is 2.60. The van der Waals surface area contributed by atoms with Crippen molar-refractivity contribution in [2.75, 3.05) is 5.32 Å². The van der Waals surface area contributed by atoms with Crippen molar-refractivity contribution in [3.8, 4) is 0 Å². The minimum Gasteiger partial charge on any atom is -0.322 e. The number of nitro benzene ring substituents is 1. The Hall–Kier alpha value is -2.78. The average molecular weight is 375 g/mol. The van der Waals surface area contributed by atoms with Gasteiger partial charge in [0.25, 0.3) is 11.6 Å². The highest BCUT2D eigenvalue weighted by Gasteiger charge is 2.28. The van der Waals surface area contributed by atoms with Crippen molar-refractivity contribution in [3.63, 3.8) is 0 Å². The molecule has 0 saturated heterocycles. The Kier molecular flexibility index (Phi) is 4.75. The zero-order valence-corrected chi connectivity index (χ0v) is 14.7. The van der Waals surface area contributed by atoms with Crippen LogP contribution < -0.4 is 10.0 Å². The molecule has 0 bridgehead atoms. The first-order chi connectivity index (χ1) is 12.3. The van der Waals surface area contributed by atoms with E-state index >= 15 is 0 Å². The van der Waals surface area contributed by atoms with Crippen LogP contribution in [-0.2, 0) is 10.0 Å². The van der Waals surface area contributed by atoms with Gasteiger partial charge in [0.15, 0.2) is 0 Å². The van der Waals surface area contributed by atoms with Crippen molar-refractivity contribution < 1.29 is 18.1 Å². The molecular weight excluding hydrogens is 358 g/mol. The summed E-state index contributed by atoms with van der Waals surface area (Å²) in [5, 5.41) is 13.5. The Morgan fingerprint density at radius 1 is 1.19 bits per heavy atom. The van der Waals surface area contributed by atoms with E-state index < -0.39 is 20.9 Å². The Morgan fingerprint density at radius 3 is 2.54 bits per heavy atom. The fraction of sp³-hybridized carbons (Fsp3) is 0.235. The number of carbonyl (C=O) groups is 1. The summed E-state index contributed by atoms with van der Waals surface area (Å²) in [6.45, 7) is 1.55. The Bertz CT molecular complexity index is 984. The second-order valence-electron chi connectivity index (χ2n) is 6.14. The number of aryl methyl sites for hydroxylation is 1. The third-order valence-corrected chi connectivity index (χ3v) is 5.48. The molecule has 3 rings (SSSR count). The van der Waals surface area contributed by atoms with Gasteiger partial charge >= 0.3 is 0 Å². The van der Waals surface area contributed by atoms with Gasteiger partial charge in [-0.3, -0.25) is 14.9 Å². The maximum absolute atomic E-state index is 12.4. The van der Waals surface area contributed by atoms with E-state index in [9.17, 15) is 23.3 Å². The topological polar surface area (TPSA) is 118 Å². The third kappa shape index (κ3) is 4.06. The number of sulfonamides is 1. The molecule has 0 radical (unpaired) electrons. The van der Waals surface area contributed by atoms with E-state index in [1.54, 1.807) is 13.0 Å². The zero-order chi connectivity index (χ0) is 18.9. The summed E-state index contributed by atoms with van der Waals surface area (Å²) >= 11 is 0. The van der Waals surface area contributed by atoms with Crippen molar-refractivity contribution in [2.45, 2.75) is 30.7 Å². The monoisotopic (exact) mass is 375 g/mol. The van der Waals surface area contributed by atoms with Crippen LogP contribution in [-0.4, -0.2) is 25.3 Å². The van der Waals surface area contributed by atoms with E-state index in [0.717, 1.165) is 12.8 Å². The first kappa shape index (κ1) is 18.0. The van der Waals surface area contributed by atoms with E-state index in [0.29, 0.717) is 11.3 Å². The van der Waals surface area contributed by atoms with E-state index in [1.807, 2.05) is 0 Å². The molecule has 0 spiro atoms. The van der Waals surface area contributed by atoms with Crippen LogP contribution in [0.1, 0.15) is 28.8 Å². The van der Waals surface area contributed by atoms with Gasteiger partial charge in [0.05, 0.1) is 9.82 Å². The molecule has 26 heavy (non-hydrogen) atoms. The number of nitrogens with one attached hydrogen (secondary N) is 2. The van der Waals surface area contributed by atoms with Crippen molar-refractivity contribution in [1.29, 1.82) is 0 Å². The molecule has 1 aliphatic rings. The van der Waals surface area contributed by atoms with E-state index in [1.165, 1.54) is 36.4 Å². The molecule has 9 heteroatoms. The van der Waals surface area contributed by atoms with E-state index in [-0.39, 0.29) is 22.2 Å². The molecule has 1 amide bonds. The van der Waals surface area contributed by atoms with Crippen LogP contribution in [0.3, 0.4) is 0 Å². The van der Waals surface area contributed by atoms with Crippen molar-refractivity contribution in [2.24, 2.45) is 0 Å². The summed E-state index contributed by atoms with van der Waals surface area (Å²) in [5.74, 6) is -0.479. The normalized spacial score (nSPS) is 14.0. The number of rotatable bonds is 6. The van der Waals surface area contributed by atoms with Crippen LogP contribution in [0.15, 0.2) is 47.4 Å². The predicted molar refractivity (Wildman–Crippen MR) is 95.6 cm³/mol. The summed E-state index contributed by atoms with van der Waals surface area (Å²) in [6, 6.07) is 9.98. The molecule has 0 unspecified atom stereocenters. The van der Waals surface area contributed by atoms with Gasteiger partial charge in [-0.25, -0.2) is 13.1 Å².